The van der Waals surface area contributed by atoms with Crippen LogP contribution in [0.3, 0.4) is 0 Å². The SMILES string of the molecule is CCc1ccc2c(c1)C(CCO)CC2. The Bertz CT molecular complexity index is 315. The number of hydrogen-bond donors (Lipinski definition) is 1. The second-order valence-electron chi connectivity index (χ2n) is 4.13. The lowest BCUT2D eigenvalue weighted by Crippen LogP contribution is -1.97. The number of rotatable bonds is 3. The van der Waals surface area contributed by atoms with Crippen LogP contribution in [0.5, 0.6) is 0 Å². The molecule has 14 heavy (non-hydrogen) atoms. The molecular weight excluding hydrogens is 172 g/mol. The van der Waals surface area contributed by atoms with Crippen molar-refractivity contribution < 1.29 is 5.11 Å². The zero-order valence-corrected chi connectivity index (χ0v) is 8.79. The zero-order valence-electron chi connectivity index (χ0n) is 8.79. The Balaban J connectivity index is 2.27. The number of aliphatic hydroxyl groups excluding tert-OH is 1. The molecule has 1 nitrogen and oxygen atoms in total. The van der Waals surface area contributed by atoms with E-state index in [1.165, 1.54) is 29.5 Å². The first kappa shape index (κ1) is 9.72. The molecule has 0 saturated carbocycles. The van der Waals surface area contributed by atoms with Crippen LogP contribution in [-0.4, -0.2) is 11.7 Å². The Morgan fingerprint density at radius 1 is 1.43 bits per heavy atom. The Hall–Kier alpha value is -0.820. The first-order valence-corrected chi connectivity index (χ1v) is 5.57. The summed E-state index contributed by atoms with van der Waals surface area (Å²) in [7, 11) is 0. The largest absolute Gasteiger partial charge is 0.396 e. The van der Waals surface area contributed by atoms with Crippen LogP contribution in [0.25, 0.3) is 0 Å². The maximum Gasteiger partial charge on any atom is 0.0436 e. The highest BCUT2D eigenvalue weighted by molar-refractivity contribution is 5.38. The third kappa shape index (κ3) is 1.69. The van der Waals surface area contributed by atoms with Gasteiger partial charge in [-0.25, -0.2) is 0 Å². The van der Waals surface area contributed by atoms with Crippen molar-refractivity contribution in [3.63, 3.8) is 0 Å². The Morgan fingerprint density at radius 3 is 3.00 bits per heavy atom. The van der Waals surface area contributed by atoms with Gasteiger partial charge in [0, 0.05) is 6.61 Å². The Labute approximate surface area is 85.8 Å². The van der Waals surface area contributed by atoms with Gasteiger partial charge in [-0.2, -0.15) is 0 Å². The minimum Gasteiger partial charge on any atom is -0.396 e. The highest BCUT2D eigenvalue weighted by Gasteiger charge is 2.21. The van der Waals surface area contributed by atoms with Crippen molar-refractivity contribution in [3.8, 4) is 0 Å². The number of aliphatic hydroxyl groups is 1. The van der Waals surface area contributed by atoms with Gasteiger partial charge < -0.3 is 5.11 Å². The molecule has 0 spiro atoms. The average molecular weight is 190 g/mol. The van der Waals surface area contributed by atoms with Gasteiger partial charge in [-0.3, -0.25) is 0 Å². The predicted octanol–water partition coefficient (Wildman–Crippen LogP) is 2.66. The summed E-state index contributed by atoms with van der Waals surface area (Å²) >= 11 is 0. The van der Waals surface area contributed by atoms with E-state index in [9.17, 15) is 0 Å². The van der Waals surface area contributed by atoms with E-state index in [-0.39, 0.29) is 0 Å². The standard InChI is InChI=1S/C13H18O/c1-2-10-3-4-11-5-6-12(7-8-14)13(11)9-10/h3-4,9,12,14H,2,5-8H2,1H3. The molecule has 1 aromatic rings. The van der Waals surface area contributed by atoms with E-state index in [0.29, 0.717) is 12.5 Å². The molecular formula is C13H18O. The van der Waals surface area contributed by atoms with Crippen molar-refractivity contribution in [2.24, 2.45) is 0 Å². The van der Waals surface area contributed by atoms with Crippen LogP contribution in [0.15, 0.2) is 18.2 Å². The highest BCUT2D eigenvalue weighted by atomic mass is 16.3. The summed E-state index contributed by atoms with van der Waals surface area (Å²) in [4.78, 5) is 0. The van der Waals surface area contributed by atoms with E-state index in [2.05, 4.69) is 25.1 Å². The predicted molar refractivity (Wildman–Crippen MR) is 58.6 cm³/mol. The van der Waals surface area contributed by atoms with Crippen LogP contribution in [-0.2, 0) is 12.8 Å². The fourth-order valence-electron chi connectivity index (χ4n) is 2.41. The van der Waals surface area contributed by atoms with Gasteiger partial charge in [-0.15, -0.1) is 0 Å². The van der Waals surface area contributed by atoms with Gasteiger partial charge in [0.05, 0.1) is 0 Å². The Morgan fingerprint density at radius 2 is 2.29 bits per heavy atom. The number of hydrogen-bond acceptors (Lipinski definition) is 1. The van der Waals surface area contributed by atoms with Crippen LogP contribution in [0.4, 0.5) is 0 Å². The van der Waals surface area contributed by atoms with E-state index in [4.69, 9.17) is 5.11 Å². The second kappa shape index (κ2) is 4.14. The van der Waals surface area contributed by atoms with Crippen molar-refractivity contribution in [2.75, 3.05) is 6.61 Å². The van der Waals surface area contributed by atoms with Gasteiger partial charge in [0.25, 0.3) is 0 Å². The molecule has 0 heterocycles. The lowest BCUT2D eigenvalue weighted by Gasteiger charge is -2.10. The molecule has 0 saturated heterocycles. The molecule has 2 rings (SSSR count). The molecule has 0 radical (unpaired) electrons. The lowest BCUT2D eigenvalue weighted by atomic mass is 9.96. The van der Waals surface area contributed by atoms with E-state index in [0.717, 1.165) is 12.8 Å². The third-order valence-electron chi connectivity index (χ3n) is 3.30. The van der Waals surface area contributed by atoms with E-state index >= 15 is 0 Å². The zero-order chi connectivity index (χ0) is 9.97. The molecule has 0 aliphatic heterocycles. The Kier molecular flexibility index (Phi) is 2.87. The number of fused-ring (bicyclic) bond motifs is 1. The first-order valence-electron chi connectivity index (χ1n) is 5.57. The van der Waals surface area contributed by atoms with Crippen molar-refractivity contribution in [2.45, 2.75) is 38.5 Å². The van der Waals surface area contributed by atoms with Gasteiger partial charge in [0.2, 0.25) is 0 Å². The highest BCUT2D eigenvalue weighted by Crippen LogP contribution is 2.35. The smallest absolute Gasteiger partial charge is 0.0436 e. The molecule has 1 aliphatic rings. The topological polar surface area (TPSA) is 20.2 Å². The first-order chi connectivity index (χ1) is 6.85. The number of benzene rings is 1. The molecule has 0 bridgehead atoms. The lowest BCUT2D eigenvalue weighted by molar-refractivity contribution is 0.275. The van der Waals surface area contributed by atoms with Crippen molar-refractivity contribution >= 4 is 0 Å². The number of aryl methyl sites for hydroxylation is 2. The normalized spacial score (nSPS) is 19.7. The van der Waals surface area contributed by atoms with E-state index < -0.39 is 0 Å². The molecule has 1 aliphatic carbocycles. The van der Waals surface area contributed by atoms with Crippen molar-refractivity contribution in [3.05, 3.63) is 34.9 Å². The van der Waals surface area contributed by atoms with Crippen LogP contribution in [0, 0.1) is 0 Å². The summed E-state index contributed by atoms with van der Waals surface area (Å²) in [6, 6.07) is 6.84. The minimum atomic E-state index is 0.320. The van der Waals surface area contributed by atoms with Gasteiger partial charge in [0.15, 0.2) is 0 Å². The fraction of sp³-hybridized carbons (Fsp3) is 0.538. The quantitative estimate of drug-likeness (QED) is 0.777. The molecule has 1 heteroatoms. The maximum atomic E-state index is 8.98. The summed E-state index contributed by atoms with van der Waals surface area (Å²) < 4.78 is 0. The molecule has 0 amide bonds. The summed E-state index contributed by atoms with van der Waals surface area (Å²) in [5.74, 6) is 0.612. The van der Waals surface area contributed by atoms with Crippen LogP contribution >= 0.6 is 0 Å². The molecule has 1 N–H and O–H groups in total. The molecule has 1 atom stereocenters. The molecule has 0 fully saturated rings. The van der Waals surface area contributed by atoms with E-state index in [1.54, 1.807) is 0 Å². The average Bonchev–Trinajstić information content (AvgIpc) is 2.61. The summed E-state index contributed by atoms with van der Waals surface area (Å²) in [5.41, 5.74) is 4.42. The summed E-state index contributed by atoms with van der Waals surface area (Å²) in [6.45, 7) is 2.51. The van der Waals surface area contributed by atoms with Crippen LogP contribution in [0.2, 0.25) is 0 Å². The maximum absolute atomic E-state index is 8.98. The molecule has 0 aromatic heterocycles. The monoisotopic (exact) mass is 190 g/mol. The van der Waals surface area contributed by atoms with E-state index in [1.807, 2.05) is 0 Å². The van der Waals surface area contributed by atoms with Crippen molar-refractivity contribution in [1.29, 1.82) is 0 Å². The fourth-order valence-corrected chi connectivity index (χ4v) is 2.41. The minimum absolute atomic E-state index is 0.320. The van der Waals surface area contributed by atoms with Gasteiger partial charge in [-0.05, 0) is 48.3 Å². The van der Waals surface area contributed by atoms with Crippen LogP contribution in [0.1, 0.15) is 42.4 Å². The molecule has 1 aromatic carbocycles. The third-order valence-corrected chi connectivity index (χ3v) is 3.30. The van der Waals surface area contributed by atoms with Gasteiger partial charge in [0.1, 0.15) is 0 Å². The summed E-state index contributed by atoms with van der Waals surface area (Å²) in [5, 5.41) is 8.98. The molecule has 1 unspecified atom stereocenters. The van der Waals surface area contributed by atoms with Crippen molar-refractivity contribution in [1.82, 2.24) is 0 Å². The summed E-state index contributed by atoms with van der Waals surface area (Å²) in [6.07, 6.45) is 4.46. The van der Waals surface area contributed by atoms with Gasteiger partial charge >= 0.3 is 0 Å². The van der Waals surface area contributed by atoms with Gasteiger partial charge in [-0.1, -0.05) is 25.1 Å². The molecule has 76 valence electrons. The van der Waals surface area contributed by atoms with Crippen LogP contribution < -0.4 is 0 Å². The second-order valence-corrected chi connectivity index (χ2v) is 4.13.